The topological polar surface area (TPSA) is 6.48 Å². The van der Waals surface area contributed by atoms with Crippen molar-refractivity contribution in [1.82, 2.24) is 9.80 Å². The Hall–Kier alpha value is -0.210. The molecule has 0 heterocycles. The first-order valence-corrected chi connectivity index (χ1v) is 3.57. The average molecular weight is 163 g/mol. The monoisotopic (exact) mass is 162 g/mol. The third-order valence-electron chi connectivity index (χ3n) is 0.866. The van der Waals surface area contributed by atoms with E-state index in [4.69, 9.17) is 11.6 Å². The van der Waals surface area contributed by atoms with Crippen LogP contribution >= 0.6 is 11.6 Å². The van der Waals surface area contributed by atoms with E-state index in [1.54, 1.807) is 0 Å². The third kappa shape index (κ3) is 5.92. The number of nitrogens with zero attached hydrogens (tertiary/aromatic N) is 2. The molecule has 0 fully saturated rings. The van der Waals surface area contributed by atoms with Crippen molar-refractivity contribution < 1.29 is 0 Å². The molecule has 3 heteroatoms. The van der Waals surface area contributed by atoms with Gasteiger partial charge in [0.05, 0.1) is 0 Å². The van der Waals surface area contributed by atoms with Crippen LogP contribution < -0.4 is 0 Å². The highest BCUT2D eigenvalue weighted by atomic mass is 35.5. The Morgan fingerprint density at radius 1 is 1.30 bits per heavy atom. The van der Waals surface area contributed by atoms with Crippen LogP contribution in [0.5, 0.6) is 0 Å². The van der Waals surface area contributed by atoms with E-state index >= 15 is 0 Å². The summed E-state index contributed by atoms with van der Waals surface area (Å²) in [6, 6.07) is 0. The number of hydrogen-bond acceptors (Lipinski definition) is 2. The van der Waals surface area contributed by atoms with Crippen LogP contribution in [0.4, 0.5) is 0 Å². The minimum atomic E-state index is 0.805. The maximum Gasteiger partial charge on any atom is 0.0479 e. The predicted molar refractivity (Wildman–Crippen MR) is 46.2 cm³/mol. The molecule has 0 saturated carbocycles. The van der Waals surface area contributed by atoms with Crippen molar-refractivity contribution in [3.63, 3.8) is 0 Å². The van der Waals surface area contributed by atoms with E-state index in [1.165, 1.54) is 0 Å². The first kappa shape index (κ1) is 9.79. The van der Waals surface area contributed by atoms with Gasteiger partial charge in [0.1, 0.15) is 0 Å². The molecule has 0 radical (unpaired) electrons. The Morgan fingerprint density at radius 2 is 1.80 bits per heavy atom. The van der Waals surface area contributed by atoms with Gasteiger partial charge in [-0.15, -0.1) is 0 Å². The van der Waals surface area contributed by atoms with Crippen LogP contribution in [0.15, 0.2) is 11.2 Å². The molecule has 0 aromatic rings. The van der Waals surface area contributed by atoms with Crippen molar-refractivity contribution in [2.24, 2.45) is 0 Å². The van der Waals surface area contributed by atoms with Crippen LogP contribution in [0.3, 0.4) is 0 Å². The molecule has 0 aromatic heterocycles. The molecule has 0 saturated heterocycles. The Bertz CT molecular complexity index is 119. The van der Waals surface area contributed by atoms with Gasteiger partial charge < -0.3 is 9.80 Å². The molecular formula is C7H15ClN2. The standard InChI is InChI=1S/C7H15ClN2/c1-9(2)5-7(8)6-10(3)4/h5H,6H2,1-4H3. The van der Waals surface area contributed by atoms with E-state index in [1.807, 2.05) is 44.2 Å². The van der Waals surface area contributed by atoms with Crippen molar-refractivity contribution >= 4 is 11.6 Å². The Kier molecular flexibility index (Phi) is 4.49. The zero-order valence-corrected chi connectivity index (χ0v) is 7.81. The Morgan fingerprint density at radius 3 is 2.10 bits per heavy atom. The fraction of sp³-hybridized carbons (Fsp3) is 0.714. The molecule has 60 valence electrons. The summed E-state index contributed by atoms with van der Waals surface area (Å²) in [6.45, 7) is 0.805. The van der Waals surface area contributed by atoms with Crippen molar-refractivity contribution in [2.75, 3.05) is 34.7 Å². The Labute approximate surface area is 68.1 Å². The van der Waals surface area contributed by atoms with Gasteiger partial charge in [-0.3, -0.25) is 0 Å². The summed E-state index contributed by atoms with van der Waals surface area (Å²) in [5, 5.41) is 0.856. The minimum absolute atomic E-state index is 0.805. The molecule has 0 bridgehead atoms. The van der Waals surface area contributed by atoms with Crippen LogP contribution in [0.2, 0.25) is 0 Å². The van der Waals surface area contributed by atoms with E-state index in [-0.39, 0.29) is 0 Å². The molecule has 0 aliphatic carbocycles. The molecule has 0 aliphatic heterocycles. The largest absolute Gasteiger partial charge is 0.383 e. The van der Waals surface area contributed by atoms with Gasteiger partial charge in [-0.1, -0.05) is 11.6 Å². The Balaban J connectivity index is 3.71. The smallest absolute Gasteiger partial charge is 0.0479 e. The summed E-state index contributed by atoms with van der Waals surface area (Å²) < 4.78 is 0. The molecule has 0 unspecified atom stereocenters. The van der Waals surface area contributed by atoms with Gasteiger partial charge in [-0.05, 0) is 14.1 Å². The quantitative estimate of drug-likeness (QED) is 0.615. The van der Waals surface area contributed by atoms with Gasteiger partial charge in [-0.25, -0.2) is 0 Å². The summed E-state index contributed by atoms with van der Waals surface area (Å²) in [4.78, 5) is 3.97. The number of likely N-dealkylation sites (N-methyl/N-ethyl adjacent to an activating group) is 1. The van der Waals surface area contributed by atoms with Gasteiger partial charge in [0, 0.05) is 31.9 Å². The lowest BCUT2D eigenvalue weighted by Crippen LogP contribution is -2.14. The van der Waals surface area contributed by atoms with Crippen LogP contribution in [0, 0.1) is 0 Å². The zero-order chi connectivity index (χ0) is 8.15. The zero-order valence-electron chi connectivity index (χ0n) is 7.06. The average Bonchev–Trinajstić information content (AvgIpc) is 1.58. The van der Waals surface area contributed by atoms with E-state index in [0.717, 1.165) is 11.6 Å². The fourth-order valence-electron chi connectivity index (χ4n) is 0.623. The lowest BCUT2D eigenvalue weighted by Gasteiger charge is -2.10. The third-order valence-corrected chi connectivity index (χ3v) is 1.08. The second-order valence-electron chi connectivity index (χ2n) is 2.78. The molecule has 0 aromatic carbocycles. The van der Waals surface area contributed by atoms with Gasteiger partial charge in [-0.2, -0.15) is 0 Å². The maximum absolute atomic E-state index is 5.85. The highest BCUT2D eigenvalue weighted by molar-refractivity contribution is 6.29. The normalized spacial score (nSPS) is 12.4. The highest BCUT2D eigenvalue weighted by Crippen LogP contribution is 2.01. The molecule has 0 N–H and O–H groups in total. The lowest BCUT2D eigenvalue weighted by atomic mass is 10.5. The molecule has 2 nitrogen and oxygen atoms in total. The van der Waals surface area contributed by atoms with Gasteiger partial charge in [0.15, 0.2) is 0 Å². The maximum atomic E-state index is 5.85. The molecular weight excluding hydrogens is 148 g/mol. The second-order valence-corrected chi connectivity index (χ2v) is 3.26. The van der Waals surface area contributed by atoms with Crippen LogP contribution in [-0.4, -0.2) is 44.5 Å². The van der Waals surface area contributed by atoms with E-state index < -0.39 is 0 Å². The summed E-state index contributed by atoms with van der Waals surface area (Å²) in [6.07, 6.45) is 1.90. The van der Waals surface area contributed by atoms with Gasteiger partial charge in [0.2, 0.25) is 0 Å². The predicted octanol–water partition coefficient (Wildman–Crippen LogP) is 1.19. The minimum Gasteiger partial charge on any atom is -0.383 e. The summed E-state index contributed by atoms with van der Waals surface area (Å²) in [5.41, 5.74) is 0. The van der Waals surface area contributed by atoms with Crippen molar-refractivity contribution in [2.45, 2.75) is 0 Å². The summed E-state index contributed by atoms with van der Waals surface area (Å²) in [5.74, 6) is 0. The number of hydrogen-bond donors (Lipinski definition) is 0. The molecule has 0 rings (SSSR count). The van der Waals surface area contributed by atoms with E-state index in [0.29, 0.717) is 0 Å². The van der Waals surface area contributed by atoms with Crippen LogP contribution in [0.1, 0.15) is 0 Å². The molecule has 0 atom stereocenters. The van der Waals surface area contributed by atoms with Crippen LogP contribution in [0.25, 0.3) is 0 Å². The van der Waals surface area contributed by atoms with Crippen molar-refractivity contribution in [3.05, 3.63) is 11.2 Å². The summed E-state index contributed by atoms with van der Waals surface area (Å²) >= 11 is 5.85. The lowest BCUT2D eigenvalue weighted by molar-refractivity contribution is 0.447. The second kappa shape index (κ2) is 4.58. The highest BCUT2D eigenvalue weighted by Gasteiger charge is 1.93. The SMILES string of the molecule is CN(C)C=C(Cl)CN(C)C. The van der Waals surface area contributed by atoms with Crippen molar-refractivity contribution in [1.29, 1.82) is 0 Å². The van der Waals surface area contributed by atoms with Gasteiger partial charge >= 0.3 is 0 Å². The molecule has 0 amide bonds. The van der Waals surface area contributed by atoms with Crippen molar-refractivity contribution in [3.8, 4) is 0 Å². The van der Waals surface area contributed by atoms with E-state index in [9.17, 15) is 0 Å². The van der Waals surface area contributed by atoms with E-state index in [2.05, 4.69) is 0 Å². The molecule has 10 heavy (non-hydrogen) atoms. The first-order chi connectivity index (χ1) is 4.52. The number of rotatable bonds is 3. The number of halogens is 1. The van der Waals surface area contributed by atoms with Crippen LogP contribution in [-0.2, 0) is 0 Å². The fourth-order valence-corrected chi connectivity index (χ4v) is 1.06. The van der Waals surface area contributed by atoms with Gasteiger partial charge in [0.25, 0.3) is 0 Å². The first-order valence-electron chi connectivity index (χ1n) is 3.19. The summed E-state index contributed by atoms with van der Waals surface area (Å²) in [7, 11) is 7.90. The molecule has 0 spiro atoms. The molecule has 0 aliphatic rings.